The predicted octanol–water partition coefficient (Wildman–Crippen LogP) is 9.01. The molecule has 0 radical (unpaired) electrons. The van der Waals surface area contributed by atoms with Crippen LogP contribution in [0.2, 0.25) is 0 Å². The van der Waals surface area contributed by atoms with Gasteiger partial charge in [0, 0.05) is 34.5 Å². The van der Waals surface area contributed by atoms with E-state index >= 15 is 0 Å². The molecule has 194 valence electrons. The summed E-state index contributed by atoms with van der Waals surface area (Å²) in [7, 11) is 0. The lowest BCUT2D eigenvalue weighted by Gasteiger charge is -2.13. The Labute approximate surface area is 227 Å². The fraction of sp³-hybridized carbons (Fsp3) is 0.235. The Hall–Kier alpha value is -4.38. The van der Waals surface area contributed by atoms with Gasteiger partial charge in [-0.05, 0) is 78.3 Å². The predicted molar refractivity (Wildman–Crippen MR) is 157 cm³/mol. The van der Waals surface area contributed by atoms with Crippen LogP contribution in [0.15, 0.2) is 85.1 Å². The van der Waals surface area contributed by atoms with Crippen molar-refractivity contribution in [3.05, 3.63) is 96.2 Å². The SMILES string of the molecule is CC(C)c1ccc(O)c2nc(Oc3ccc4c5ccccc5n(-c5cc(C6CCCC6)ccn5)c4c3)ccc12. The zero-order chi connectivity index (χ0) is 26.5. The van der Waals surface area contributed by atoms with Crippen molar-refractivity contribution in [3.63, 3.8) is 0 Å². The number of aromatic nitrogens is 3. The quantitative estimate of drug-likeness (QED) is 0.250. The van der Waals surface area contributed by atoms with Gasteiger partial charge < -0.3 is 9.84 Å². The van der Waals surface area contributed by atoms with Crippen molar-refractivity contribution in [1.82, 2.24) is 14.5 Å². The molecule has 0 bridgehead atoms. The van der Waals surface area contributed by atoms with E-state index in [9.17, 15) is 5.11 Å². The van der Waals surface area contributed by atoms with Gasteiger partial charge in [0.15, 0.2) is 0 Å². The Bertz CT molecular complexity index is 1850. The molecule has 0 unspecified atom stereocenters. The number of hydrogen-bond acceptors (Lipinski definition) is 4. The van der Waals surface area contributed by atoms with E-state index in [4.69, 9.17) is 9.72 Å². The van der Waals surface area contributed by atoms with Crippen molar-refractivity contribution in [2.45, 2.75) is 51.4 Å². The monoisotopic (exact) mass is 513 g/mol. The second-order valence-corrected chi connectivity index (χ2v) is 10.9. The second-order valence-electron chi connectivity index (χ2n) is 10.9. The number of hydrogen-bond donors (Lipinski definition) is 1. The Morgan fingerprint density at radius 3 is 2.49 bits per heavy atom. The normalized spacial score (nSPS) is 14.2. The van der Waals surface area contributed by atoms with Gasteiger partial charge in [0.25, 0.3) is 0 Å². The Morgan fingerprint density at radius 2 is 1.64 bits per heavy atom. The third-order valence-corrected chi connectivity index (χ3v) is 8.16. The summed E-state index contributed by atoms with van der Waals surface area (Å²) in [6, 6.07) is 26.6. The van der Waals surface area contributed by atoms with Gasteiger partial charge in [-0.2, -0.15) is 0 Å². The van der Waals surface area contributed by atoms with E-state index in [1.807, 2.05) is 30.5 Å². The van der Waals surface area contributed by atoms with Crippen molar-refractivity contribution < 1.29 is 9.84 Å². The number of ether oxygens (including phenoxy) is 1. The average molecular weight is 514 g/mol. The number of rotatable bonds is 5. The molecule has 3 aromatic carbocycles. The van der Waals surface area contributed by atoms with Crippen molar-refractivity contribution in [2.75, 3.05) is 0 Å². The van der Waals surface area contributed by atoms with Gasteiger partial charge in [0.05, 0.1) is 11.0 Å². The molecule has 3 aromatic heterocycles. The summed E-state index contributed by atoms with van der Waals surface area (Å²) in [6.45, 7) is 4.28. The first-order valence-corrected chi connectivity index (χ1v) is 13.9. The maximum Gasteiger partial charge on any atom is 0.219 e. The molecule has 1 fully saturated rings. The lowest BCUT2D eigenvalue weighted by molar-refractivity contribution is 0.460. The molecule has 1 aliphatic rings. The van der Waals surface area contributed by atoms with Gasteiger partial charge in [0.1, 0.15) is 22.8 Å². The molecule has 5 nitrogen and oxygen atoms in total. The highest BCUT2D eigenvalue weighted by Gasteiger charge is 2.20. The Balaban J connectivity index is 1.34. The summed E-state index contributed by atoms with van der Waals surface area (Å²) in [4.78, 5) is 9.50. The first-order valence-electron chi connectivity index (χ1n) is 13.9. The molecular weight excluding hydrogens is 482 g/mol. The van der Waals surface area contributed by atoms with Crippen molar-refractivity contribution in [3.8, 4) is 23.2 Å². The molecule has 1 saturated carbocycles. The molecular formula is C34H31N3O2. The number of nitrogens with zero attached hydrogens (tertiary/aromatic N) is 3. The van der Waals surface area contributed by atoms with Gasteiger partial charge in [-0.3, -0.25) is 4.57 Å². The van der Waals surface area contributed by atoms with Crippen LogP contribution in [-0.2, 0) is 0 Å². The smallest absolute Gasteiger partial charge is 0.219 e. The summed E-state index contributed by atoms with van der Waals surface area (Å²) in [6.07, 6.45) is 7.06. The Morgan fingerprint density at radius 1 is 0.846 bits per heavy atom. The molecule has 0 spiro atoms. The standard InChI is InChI=1S/C34H31N3O2/c1-21(2)25-13-15-31(38)34-28(25)14-16-33(36-34)39-24-11-12-27-26-9-5-6-10-29(26)37(30(27)20-24)32-19-23(17-18-35-32)22-7-3-4-8-22/h5-6,9-22,38H,3-4,7-8H2,1-2H3. The van der Waals surface area contributed by atoms with Gasteiger partial charge in [-0.1, -0.05) is 51.0 Å². The largest absolute Gasteiger partial charge is 0.506 e. The van der Waals surface area contributed by atoms with E-state index < -0.39 is 0 Å². The van der Waals surface area contributed by atoms with Crippen molar-refractivity contribution in [1.29, 1.82) is 0 Å². The minimum absolute atomic E-state index is 0.156. The van der Waals surface area contributed by atoms with Crippen LogP contribution in [0.3, 0.4) is 0 Å². The molecule has 1 N–H and O–H groups in total. The van der Waals surface area contributed by atoms with Crippen molar-refractivity contribution >= 4 is 32.7 Å². The Kier molecular flexibility index (Phi) is 5.73. The number of phenolic OH excluding ortho intramolecular Hbond substituents is 1. The van der Waals surface area contributed by atoms with Gasteiger partial charge in [0.2, 0.25) is 5.88 Å². The molecule has 0 amide bonds. The maximum absolute atomic E-state index is 10.5. The fourth-order valence-electron chi connectivity index (χ4n) is 6.22. The third kappa shape index (κ3) is 4.09. The summed E-state index contributed by atoms with van der Waals surface area (Å²) >= 11 is 0. The number of para-hydroxylation sites is 1. The minimum Gasteiger partial charge on any atom is -0.506 e. The van der Waals surface area contributed by atoms with Crippen LogP contribution in [-0.4, -0.2) is 19.6 Å². The average Bonchev–Trinajstić information content (AvgIpc) is 3.60. The van der Waals surface area contributed by atoms with E-state index in [0.717, 1.165) is 33.2 Å². The molecule has 0 atom stereocenters. The molecule has 6 aromatic rings. The van der Waals surface area contributed by atoms with Crippen molar-refractivity contribution in [2.24, 2.45) is 0 Å². The fourth-order valence-corrected chi connectivity index (χ4v) is 6.22. The highest BCUT2D eigenvalue weighted by atomic mass is 16.5. The topological polar surface area (TPSA) is 60.2 Å². The molecule has 1 aliphatic carbocycles. The molecule has 5 heteroatoms. The van der Waals surface area contributed by atoms with Gasteiger partial charge >= 0.3 is 0 Å². The van der Waals surface area contributed by atoms with Crippen LogP contribution < -0.4 is 4.74 Å². The number of phenols is 1. The highest BCUT2D eigenvalue weighted by molar-refractivity contribution is 6.09. The van der Waals surface area contributed by atoms with E-state index in [1.54, 1.807) is 6.07 Å². The molecule has 39 heavy (non-hydrogen) atoms. The molecule has 3 heterocycles. The summed E-state index contributed by atoms with van der Waals surface area (Å²) < 4.78 is 8.53. The summed E-state index contributed by atoms with van der Waals surface area (Å²) in [5.74, 6) is 3.16. The van der Waals surface area contributed by atoms with Crippen LogP contribution in [0.4, 0.5) is 0 Å². The van der Waals surface area contributed by atoms with E-state index in [0.29, 0.717) is 29.0 Å². The van der Waals surface area contributed by atoms with E-state index in [1.165, 1.54) is 36.6 Å². The first kappa shape index (κ1) is 23.7. The summed E-state index contributed by atoms with van der Waals surface area (Å²) in [5, 5.41) is 13.8. The van der Waals surface area contributed by atoms with Gasteiger partial charge in [-0.15, -0.1) is 0 Å². The lowest BCUT2D eigenvalue weighted by atomic mass is 9.98. The van der Waals surface area contributed by atoms with E-state index in [-0.39, 0.29) is 5.75 Å². The van der Waals surface area contributed by atoms with Crippen LogP contribution in [0.25, 0.3) is 38.5 Å². The van der Waals surface area contributed by atoms with Crippen LogP contribution in [0, 0.1) is 0 Å². The van der Waals surface area contributed by atoms with Crippen LogP contribution in [0.5, 0.6) is 17.4 Å². The molecule has 0 saturated heterocycles. The number of pyridine rings is 2. The summed E-state index contributed by atoms with van der Waals surface area (Å²) in [5.41, 5.74) is 5.24. The van der Waals surface area contributed by atoms with Gasteiger partial charge in [-0.25, -0.2) is 9.97 Å². The van der Waals surface area contributed by atoms with Crippen LogP contribution >= 0.6 is 0 Å². The third-order valence-electron chi connectivity index (χ3n) is 8.16. The second kappa shape index (κ2) is 9.42. The van der Waals surface area contributed by atoms with Crippen LogP contribution in [0.1, 0.15) is 62.5 Å². The zero-order valence-corrected chi connectivity index (χ0v) is 22.3. The highest BCUT2D eigenvalue weighted by Crippen LogP contribution is 2.38. The first-order chi connectivity index (χ1) is 19.1. The minimum atomic E-state index is 0.156. The zero-order valence-electron chi connectivity index (χ0n) is 22.3. The number of benzene rings is 3. The number of aromatic hydroxyl groups is 1. The number of fused-ring (bicyclic) bond motifs is 4. The molecule has 7 rings (SSSR count). The maximum atomic E-state index is 10.5. The lowest BCUT2D eigenvalue weighted by Crippen LogP contribution is -2.00. The molecule has 0 aliphatic heterocycles. The van der Waals surface area contributed by atoms with E-state index in [2.05, 4.69) is 71.9 Å².